The molecule has 2 aliphatic carbocycles. The van der Waals surface area contributed by atoms with Crippen molar-refractivity contribution in [3.8, 4) is 0 Å². The molecule has 0 atom stereocenters. The fourth-order valence-corrected chi connectivity index (χ4v) is 6.45. The maximum Gasteiger partial charge on any atom is 0.416 e. The first-order valence-electron chi connectivity index (χ1n) is 16.4. The van der Waals surface area contributed by atoms with Crippen LogP contribution in [0.3, 0.4) is 0 Å². The Morgan fingerprint density at radius 3 is 2.22 bits per heavy atom. The Morgan fingerprint density at radius 1 is 0.870 bits per heavy atom. The smallest absolute Gasteiger partial charge is 0.378 e. The third-order valence-corrected chi connectivity index (χ3v) is 9.24. The molecule has 7 rings (SSSR count). The molecule has 7 nitrogen and oxygen atoms in total. The van der Waals surface area contributed by atoms with Crippen molar-refractivity contribution in [3.05, 3.63) is 82.7 Å². The molecular formula is C36H41F3N6O. The Morgan fingerprint density at radius 2 is 1.57 bits per heavy atom. The van der Waals surface area contributed by atoms with E-state index in [1.54, 1.807) is 6.92 Å². The van der Waals surface area contributed by atoms with Crippen LogP contribution < -0.4 is 14.7 Å². The normalized spacial score (nSPS) is 17.0. The second-order valence-electron chi connectivity index (χ2n) is 13.3. The van der Waals surface area contributed by atoms with E-state index in [0.29, 0.717) is 48.7 Å². The molecule has 1 aliphatic heterocycles. The number of ether oxygens (including phenoxy) is 1. The summed E-state index contributed by atoms with van der Waals surface area (Å²) in [6.45, 7) is 9.21. The van der Waals surface area contributed by atoms with Crippen molar-refractivity contribution in [2.45, 2.75) is 58.8 Å². The highest BCUT2D eigenvalue weighted by molar-refractivity contribution is 5.84. The van der Waals surface area contributed by atoms with Crippen LogP contribution in [0.1, 0.15) is 53.5 Å². The summed E-state index contributed by atoms with van der Waals surface area (Å²) in [7, 11) is 0. The third kappa shape index (κ3) is 7.22. The first-order chi connectivity index (χ1) is 22.2. The molecule has 2 aromatic carbocycles. The van der Waals surface area contributed by atoms with Crippen molar-refractivity contribution in [1.82, 2.24) is 15.0 Å². The van der Waals surface area contributed by atoms with Gasteiger partial charge in [-0.05, 0) is 80.7 Å². The largest absolute Gasteiger partial charge is 0.416 e. The zero-order valence-corrected chi connectivity index (χ0v) is 26.6. The van der Waals surface area contributed by atoms with E-state index in [1.807, 2.05) is 29.4 Å². The SMILES string of the molecule is Cc1cc(CN(Cc2cc3cccc(C)c3nc2N(CC2CC2)CC2CC2)c2ncc(N3CCOCC3)cn2)cc(C(F)(F)F)c1. The summed E-state index contributed by atoms with van der Waals surface area (Å²) in [5.41, 5.74) is 4.54. The Bertz CT molecular complexity index is 1670. The molecule has 2 saturated carbocycles. The minimum Gasteiger partial charge on any atom is -0.378 e. The molecule has 3 heterocycles. The van der Waals surface area contributed by atoms with Gasteiger partial charge in [0.25, 0.3) is 0 Å². The Labute approximate surface area is 268 Å². The number of hydrogen-bond acceptors (Lipinski definition) is 7. The maximum absolute atomic E-state index is 13.9. The van der Waals surface area contributed by atoms with E-state index in [0.717, 1.165) is 59.7 Å². The fourth-order valence-electron chi connectivity index (χ4n) is 6.45. The van der Waals surface area contributed by atoms with Crippen LogP contribution in [0.25, 0.3) is 10.9 Å². The summed E-state index contributed by atoms with van der Waals surface area (Å²) in [5.74, 6) is 2.80. The summed E-state index contributed by atoms with van der Waals surface area (Å²) >= 11 is 0. The van der Waals surface area contributed by atoms with E-state index < -0.39 is 11.7 Å². The highest BCUT2D eigenvalue weighted by Gasteiger charge is 2.33. The van der Waals surface area contributed by atoms with Crippen LogP contribution in [0.4, 0.5) is 30.6 Å². The van der Waals surface area contributed by atoms with Crippen molar-refractivity contribution < 1.29 is 17.9 Å². The van der Waals surface area contributed by atoms with Gasteiger partial charge < -0.3 is 19.4 Å². The van der Waals surface area contributed by atoms with E-state index in [9.17, 15) is 13.2 Å². The molecule has 0 radical (unpaired) electrons. The predicted molar refractivity (Wildman–Crippen MR) is 175 cm³/mol. The highest BCUT2D eigenvalue weighted by Crippen LogP contribution is 2.38. The van der Waals surface area contributed by atoms with Crippen LogP contribution >= 0.6 is 0 Å². The number of halogens is 3. The van der Waals surface area contributed by atoms with Crippen molar-refractivity contribution in [2.75, 3.05) is 54.1 Å². The number of aromatic nitrogens is 3. The first kappa shape index (κ1) is 30.7. The number of nitrogens with zero attached hydrogens (tertiary/aromatic N) is 6. The van der Waals surface area contributed by atoms with Crippen molar-refractivity contribution in [2.24, 2.45) is 11.8 Å². The van der Waals surface area contributed by atoms with Gasteiger partial charge in [0.2, 0.25) is 5.95 Å². The van der Waals surface area contributed by atoms with Crippen LogP contribution in [0.5, 0.6) is 0 Å². The molecule has 0 bridgehead atoms. The standard InChI is InChI=1S/C36H41F3N6O/c1-24-14-28(16-31(15-24)36(37,38)39)22-45(35-40-18-32(19-41-35)43-10-12-46-13-11-43)23-30-17-29-5-3-4-25(2)33(29)42-34(30)44(20-26-6-7-26)21-27-8-9-27/h3-5,14-19,26-27H,6-13,20-23H2,1-2H3. The van der Waals surface area contributed by atoms with Gasteiger partial charge in [0.1, 0.15) is 5.82 Å². The van der Waals surface area contributed by atoms with Gasteiger partial charge in [-0.1, -0.05) is 29.8 Å². The van der Waals surface area contributed by atoms with E-state index in [-0.39, 0.29) is 6.54 Å². The van der Waals surface area contributed by atoms with E-state index in [2.05, 4.69) is 34.9 Å². The van der Waals surface area contributed by atoms with Crippen molar-refractivity contribution >= 4 is 28.4 Å². The summed E-state index contributed by atoms with van der Waals surface area (Å²) < 4.78 is 47.1. The molecule has 0 amide bonds. The molecule has 1 saturated heterocycles. The molecule has 242 valence electrons. The summed E-state index contributed by atoms with van der Waals surface area (Å²) in [6.07, 6.45) is 4.17. The summed E-state index contributed by atoms with van der Waals surface area (Å²) in [6, 6.07) is 12.7. The van der Waals surface area contributed by atoms with Crippen LogP contribution in [0, 0.1) is 25.7 Å². The molecule has 0 N–H and O–H groups in total. The Balaban J connectivity index is 1.29. The Hall–Kier alpha value is -3.92. The monoisotopic (exact) mass is 630 g/mol. The number of morpholine rings is 1. The van der Waals surface area contributed by atoms with Gasteiger partial charge in [0.15, 0.2) is 0 Å². The van der Waals surface area contributed by atoms with Crippen LogP contribution in [0.15, 0.2) is 54.9 Å². The molecule has 0 spiro atoms. The molecular weight excluding hydrogens is 589 g/mol. The molecule has 46 heavy (non-hydrogen) atoms. The predicted octanol–water partition coefficient (Wildman–Crippen LogP) is 7.33. The molecule has 0 unspecified atom stereocenters. The summed E-state index contributed by atoms with van der Waals surface area (Å²) in [5, 5.41) is 1.05. The van der Waals surface area contributed by atoms with Gasteiger partial charge in [-0.3, -0.25) is 0 Å². The maximum atomic E-state index is 13.9. The van der Waals surface area contributed by atoms with Gasteiger partial charge in [-0.15, -0.1) is 0 Å². The van der Waals surface area contributed by atoms with Crippen molar-refractivity contribution in [1.29, 1.82) is 0 Å². The van der Waals surface area contributed by atoms with Gasteiger partial charge in [-0.2, -0.15) is 13.2 Å². The van der Waals surface area contributed by atoms with Gasteiger partial charge in [-0.25, -0.2) is 15.0 Å². The molecule has 2 aromatic heterocycles. The number of hydrogen-bond donors (Lipinski definition) is 0. The zero-order chi connectivity index (χ0) is 31.8. The van der Waals surface area contributed by atoms with E-state index in [4.69, 9.17) is 19.7 Å². The quantitative estimate of drug-likeness (QED) is 0.172. The van der Waals surface area contributed by atoms with Crippen LogP contribution in [0.2, 0.25) is 0 Å². The van der Waals surface area contributed by atoms with E-state index >= 15 is 0 Å². The number of alkyl halides is 3. The number of aryl methyl sites for hydroxylation is 2. The number of rotatable bonds is 11. The number of benzene rings is 2. The lowest BCUT2D eigenvalue weighted by Crippen LogP contribution is -2.36. The van der Waals surface area contributed by atoms with Crippen LogP contribution in [-0.4, -0.2) is 54.3 Å². The highest BCUT2D eigenvalue weighted by atomic mass is 19.4. The van der Waals surface area contributed by atoms with Gasteiger partial charge in [0, 0.05) is 50.2 Å². The number of fused-ring (bicyclic) bond motifs is 1. The molecule has 10 heteroatoms. The minimum atomic E-state index is -4.43. The number of pyridine rings is 1. The van der Waals surface area contributed by atoms with Gasteiger partial charge >= 0.3 is 6.18 Å². The Kier molecular flexibility index (Phi) is 8.48. The van der Waals surface area contributed by atoms with Gasteiger partial charge in [0.05, 0.1) is 42.4 Å². The molecule has 3 fully saturated rings. The topological polar surface area (TPSA) is 57.6 Å². The fraction of sp³-hybridized carbons (Fsp3) is 0.472. The third-order valence-electron chi connectivity index (χ3n) is 9.24. The minimum absolute atomic E-state index is 0.220. The molecule has 4 aromatic rings. The molecule has 3 aliphatic rings. The zero-order valence-electron chi connectivity index (χ0n) is 26.6. The first-order valence-corrected chi connectivity index (χ1v) is 16.4. The summed E-state index contributed by atoms with van der Waals surface area (Å²) in [4.78, 5) is 21.5. The average molecular weight is 631 g/mol. The van der Waals surface area contributed by atoms with Crippen LogP contribution in [-0.2, 0) is 24.0 Å². The second-order valence-corrected chi connectivity index (χ2v) is 13.3. The van der Waals surface area contributed by atoms with E-state index in [1.165, 1.54) is 37.8 Å². The average Bonchev–Trinajstić information content (AvgIpc) is 3.98. The number of anilines is 3. The lowest BCUT2D eigenvalue weighted by atomic mass is 10.0. The lowest BCUT2D eigenvalue weighted by Gasteiger charge is -2.30. The second kappa shape index (κ2) is 12.7. The lowest BCUT2D eigenvalue weighted by molar-refractivity contribution is -0.137. The van der Waals surface area contributed by atoms with Crippen molar-refractivity contribution in [3.63, 3.8) is 0 Å². The number of para-hydroxylation sites is 1.